The molecule has 4 nitrogen and oxygen atoms in total. The maximum absolute atomic E-state index is 10.7. The van der Waals surface area contributed by atoms with Gasteiger partial charge in [0.1, 0.15) is 0 Å². The summed E-state index contributed by atoms with van der Waals surface area (Å²) in [6, 6.07) is 1.79. The minimum absolute atomic E-state index is 0.228. The Kier molecular flexibility index (Phi) is 3.08. The van der Waals surface area contributed by atoms with Gasteiger partial charge < -0.3 is 0 Å². The van der Waals surface area contributed by atoms with Crippen LogP contribution in [0.2, 0.25) is 0 Å². The smallest absolute Gasteiger partial charge is 0.196 e. The second-order valence-corrected chi connectivity index (χ2v) is 4.73. The highest BCUT2D eigenvalue weighted by Crippen LogP contribution is 2.34. The second kappa shape index (κ2) is 3.91. The van der Waals surface area contributed by atoms with Gasteiger partial charge in [-0.3, -0.25) is 0 Å². The predicted molar refractivity (Wildman–Crippen MR) is 54.7 cm³/mol. The average molecular weight is 199 g/mol. The zero-order chi connectivity index (χ0) is 9.90. The van der Waals surface area contributed by atoms with E-state index in [0.29, 0.717) is 0 Å². The van der Waals surface area contributed by atoms with E-state index in [1.54, 1.807) is 34.9 Å². The van der Waals surface area contributed by atoms with E-state index in [-0.39, 0.29) is 4.75 Å². The fourth-order valence-electron chi connectivity index (χ4n) is 1.02. The van der Waals surface area contributed by atoms with E-state index in [1.165, 1.54) is 0 Å². The molecule has 1 atom stereocenters. The first-order valence-electron chi connectivity index (χ1n) is 3.98. The molecule has 1 heterocycles. The van der Waals surface area contributed by atoms with Crippen LogP contribution < -0.4 is 0 Å². The zero-order valence-electron chi connectivity index (χ0n) is 7.97. The summed E-state index contributed by atoms with van der Waals surface area (Å²) in [5.74, 6) is 0. The maximum Gasteiger partial charge on any atom is 0.196 e. The fourth-order valence-corrected chi connectivity index (χ4v) is 1.39. The van der Waals surface area contributed by atoms with Crippen molar-refractivity contribution in [3.63, 3.8) is 0 Å². The molecule has 0 spiro atoms. The lowest BCUT2D eigenvalue weighted by atomic mass is 10.1. The Morgan fingerprint density at radius 2 is 2.31 bits per heavy atom. The molecule has 0 aliphatic heterocycles. The third-order valence-electron chi connectivity index (χ3n) is 2.02. The highest BCUT2D eigenvalue weighted by Gasteiger charge is 2.31. The average Bonchev–Trinajstić information content (AvgIpc) is 2.58. The number of thioether (sulfide) groups is 1. The van der Waals surface area contributed by atoms with Crippen LogP contribution in [0.5, 0.6) is 0 Å². The van der Waals surface area contributed by atoms with Crippen LogP contribution in [0.25, 0.3) is 0 Å². The van der Waals surface area contributed by atoms with Gasteiger partial charge in [0.25, 0.3) is 0 Å². The van der Waals surface area contributed by atoms with Gasteiger partial charge in [0, 0.05) is 12.4 Å². The lowest BCUT2D eigenvalue weighted by Crippen LogP contribution is -2.28. The third kappa shape index (κ3) is 2.09. The summed E-state index contributed by atoms with van der Waals surface area (Å²) < 4.78 is 1.36. The molecule has 0 amide bonds. The molecule has 0 saturated carbocycles. The first-order valence-corrected chi connectivity index (χ1v) is 5.21. The minimum atomic E-state index is -0.447. The molecule has 0 bridgehead atoms. The van der Waals surface area contributed by atoms with Crippen LogP contribution in [0, 0.1) is 4.91 Å². The Balaban J connectivity index is 2.92. The Labute approximate surface area is 81.7 Å². The van der Waals surface area contributed by atoms with Crippen molar-refractivity contribution in [3.8, 4) is 0 Å². The quantitative estimate of drug-likeness (QED) is 0.699. The van der Waals surface area contributed by atoms with Crippen molar-refractivity contribution in [1.29, 1.82) is 0 Å². The molecule has 0 aliphatic carbocycles. The van der Waals surface area contributed by atoms with Crippen LogP contribution in [0.1, 0.15) is 20.0 Å². The second-order valence-electron chi connectivity index (χ2n) is 3.27. The number of nitrogens with zero attached hydrogens (tertiary/aromatic N) is 3. The number of rotatable bonds is 4. The number of aromatic nitrogens is 2. The molecular formula is C8H13N3OS. The van der Waals surface area contributed by atoms with E-state index < -0.39 is 6.17 Å². The lowest BCUT2D eigenvalue weighted by molar-refractivity contribution is 0.390. The molecule has 13 heavy (non-hydrogen) atoms. The minimum Gasteiger partial charge on any atom is -0.243 e. The molecule has 1 unspecified atom stereocenters. The molecule has 0 saturated heterocycles. The summed E-state index contributed by atoms with van der Waals surface area (Å²) >= 11 is 1.60. The van der Waals surface area contributed by atoms with Crippen molar-refractivity contribution in [2.45, 2.75) is 24.8 Å². The van der Waals surface area contributed by atoms with Gasteiger partial charge >= 0.3 is 0 Å². The van der Waals surface area contributed by atoms with Gasteiger partial charge in [-0.15, -0.1) is 4.91 Å². The highest BCUT2D eigenvalue weighted by atomic mass is 32.2. The van der Waals surface area contributed by atoms with Crippen molar-refractivity contribution in [2.24, 2.45) is 5.18 Å². The van der Waals surface area contributed by atoms with E-state index in [4.69, 9.17) is 0 Å². The predicted octanol–water partition coefficient (Wildman–Crippen LogP) is 2.29. The molecule has 1 aromatic rings. The topological polar surface area (TPSA) is 47.2 Å². The third-order valence-corrected chi connectivity index (χ3v) is 3.29. The van der Waals surface area contributed by atoms with Gasteiger partial charge in [-0.25, -0.2) is 4.68 Å². The van der Waals surface area contributed by atoms with Crippen molar-refractivity contribution in [2.75, 3.05) is 6.26 Å². The van der Waals surface area contributed by atoms with Gasteiger partial charge in [-0.2, -0.15) is 16.9 Å². The first kappa shape index (κ1) is 10.2. The monoisotopic (exact) mass is 199 g/mol. The van der Waals surface area contributed by atoms with Crippen molar-refractivity contribution < 1.29 is 0 Å². The molecule has 0 N–H and O–H groups in total. The summed E-state index contributed by atoms with van der Waals surface area (Å²) in [7, 11) is 0. The number of nitroso groups, excluding NO2 is 1. The Morgan fingerprint density at radius 3 is 2.69 bits per heavy atom. The van der Waals surface area contributed by atoms with Gasteiger partial charge in [-0.1, -0.05) is 0 Å². The van der Waals surface area contributed by atoms with Crippen LogP contribution in [0.15, 0.2) is 23.6 Å². The molecular weight excluding hydrogens is 186 g/mol. The van der Waals surface area contributed by atoms with Crippen LogP contribution >= 0.6 is 11.8 Å². The Bertz CT molecular complexity index is 271. The van der Waals surface area contributed by atoms with Crippen molar-refractivity contribution >= 4 is 11.8 Å². The SMILES string of the molecule is CSC(C)(C)C(N=O)n1cccn1. The molecule has 1 rings (SSSR count). The fraction of sp³-hybridized carbons (Fsp3) is 0.625. The largest absolute Gasteiger partial charge is 0.243 e. The molecule has 0 aliphatic rings. The maximum atomic E-state index is 10.7. The summed E-state index contributed by atoms with van der Waals surface area (Å²) in [5, 5.41) is 7.11. The standard InChI is InChI=1S/C8H13N3OS/c1-8(2,13-3)7(10-12)11-6-4-5-9-11/h4-7H,1-3H3. The van der Waals surface area contributed by atoms with E-state index in [9.17, 15) is 4.91 Å². The summed E-state index contributed by atoms with van der Waals surface area (Å²) in [5.41, 5.74) is 0. The normalized spacial score (nSPS) is 14.1. The molecule has 0 radical (unpaired) electrons. The summed E-state index contributed by atoms with van der Waals surface area (Å²) in [4.78, 5) is 10.7. The van der Waals surface area contributed by atoms with Gasteiger partial charge in [0.15, 0.2) is 6.17 Å². The highest BCUT2D eigenvalue weighted by molar-refractivity contribution is 7.99. The van der Waals surface area contributed by atoms with E-state index in [2.05, 4.69) is 10.3 Å². The Hall–Kier alpha value is -0.840. The Morgan fingerprint density at radius 1 is 1.62 bits per heavy atom. The van der Waals surface area contributed by atoms with Gasteiger partial charge in [0.2, 0.25) is 0 Å². The van der Waals surface area contributed by atoms with Crippen LogP contribution in [-0.4, -0.2) is 20.8 Å². The van der Waals surface area contributed by atoms with E-state index in [1.807, 2.05) is 20.1 Å². The van der Waals surface area contributed by atoms with Crippen LogP contribution in [-0.2, 0) is 0 Å². The molecule has 1 aromatic heterocycles. The summed E-state index contributed by atoms with van der Waals surface area (Å²) in [6.07, 6.45) is 4.91. The number of hydrogen-bond acceptors (Lipinski definition) is 4. The van der Waals surface area contributed by atoms with Crippen LogP contribution in [0.4, 0.5) is 0 Å². The lowest BCUT2D eigenvalue weighted by Gasteiger charge is -2.26. The van der Waals surface area contributed by atoms with Crippen LogP contribution in [0.3, 0.4) is 0 Å². The molecule has 72 valence electrons. The van der Waals surface area contributed by atoms with E-state index >= 15 is 0 Å². The van der Waals surface area contributed by atoms with Crippen molar-refractivity contribution in [3.05, 3.63) is 23.4 Å². The van der Waals surface area contributed by atoms with Gasteiger partial charge in [0.05, 0.1) is 4.75 Å². The van der Waals surface area contributed by atoms with Crippen molar-refractivity contribution in [1.82, 2.24) is 9.78 Å². The van der Waals surface area contributed by atoms with Gasteiger partial charge in [-0.05, 0) is 31.3 Å². The summed E-state index contributed by atoms with van der Waals surface area (Å²) in [6.45, 7) is 3.96. The van der Waals surface area contributed by atoms with E-state index in [0.717, 1.165) is 0 Å². The number of hydrogen-bond donors (Lipinski definition) is 0. The molecule has 0 fully saturated rings. The molecule has 0 aromatic carbocycles. The zero-order valence-corrected chi connectivity index (χ0v) is 8.78. The molecule has 5 heteroatoms. The first-order chi connectivity index (χ1) is 6.11.